The van der Waals surface area contributed by atoms with Crippen LogP contribution in [0.1, 0.15) is 44.5 Å². The van der Waals surface area contributed by atoms with Crippen LogP contribution in [0.3, 0.4) is 0 Å². The van der Waals surface area contributed by atoms with Gasteiger partial charge in [-0.3, -0.25) is 0 Å². The molecule has 1 atom stereocenters. The lowest BCUT2D eigenvalue weighted by atomic mass is 9.67. The molecule has 13 aromatic rings. The van der Waals surface area contributed by atoms with Crippen molar-refractivity contribution in [2.45, 2.75) is 10.8 Å². The topological polar surface area (TPSA) is 3.24 Å². The summed E-state index contributed by atoms with van der Waals surface area (Å²) < 4.78 is 0. The van der Waals surface area contributed by atoms with E-state index in [-0.39, 0.29) is 0 Å². The van der Waals surface area contributed by atoms with Gasteiger partial charge in [-0.1, -0.05) is 273 Å². The van der Waals surface area contributed by atoms with Gasteiger partial charge < -0.3 is 4.90 Å². The standard InChI is InChI=1S/C78H53NSi/c1-7-27-56(28-8-1)77(57-29-9-2-10-30-57)71-41-23-21-39-65(71)67-46-44-61(52-73(67)77)79(60-33-13-4-14-34-60)62-45-47-68-66-40-22-24-42-72(66)78(74(68)53-62,58-31-11-3-12-32-58)59-43-48-75-70(51-59)69-49-54-25-19-20-26-55(54)50-76(69)80(75,63-35-15-5-16-36-63)64-37-17-6-18-38-64/h1-53H. The molecule has 2 aliphatic carbocycles. The van der Waals surface area contributed by atoms with E-state index in [0.29, 0.717) is 0 Å². The van der Waals surface area contributed by atoms with Crippen molar-refractivity contribution in [1.82, 2.24) is 0 Å². The summed E-state index contributed by atoms with van der Waals surface area (Å²) in [5.41, 5.74) is 19.9. The highest BCUT2D eigenvalue weighted by Crippen LogP contribution is 2.60. The minimum absolute atomic E-state index is 0.547. The van der Waals surface area contributed by atoms with Gasteiger partial charge in [0.25, 0.3) is 0 Å². The van der Waals surface area contributed by atoms with Crippen molar-refractivity contribution in [3.63, 3.8) is 0 Å². The Bertz CT molecular complexity index is 4440. The summed E-state index contributed by atoms with van der Waals surface area (Å²) in [6.45, 7) is 0. The van der Waals surface area contributed by atoms with Gasteiger partial charge >= 0.3 is 0 Å². The first-order chi connectivity index (χ1) is 39.7. The van der Waals surface area contributed by atoms with E-state index in [9.17, 15) is 0 Å². The molecule has 0 amide bonds. The van der Waals surface area contributed by atoms with Crippen LogP contribution in [0.5, 0.6) is 0 Å². The maximum Gasteiger partial charge on any atom is 0.180 e. The van der Waals surface area contributed by atoms with E-state index in [4.69, 9.17) is 0 Å². The predicted octanol–water partition coefficient (Wildman–Crippen LogP) is 16.4. The number of anilines is 3. The van der Waals surface area contributed by atoms with Crippen molar-refractivity contribution in [3.8, 4) is 33.4 Å². The monoisotopic (exact) mass is 1030 g/mol. The van der Waals surface area contributed by atoms with E-state index in [1.54, 1.807) is 0 Å². The Morgan fingerprint density at radius 3 is 1.11 bits per heavy atom. The summed E-state index contributed by atoms with van der Waals surface area (Å²) in [6, 6.07) is 122. The summed E-state index contributed by atoms with van der Waals surface area (Å²) in [5, 5.41) is 8.21. The molecule has 0 bridgehead atoms. The van der Waals surface area contributed by atoms with Crippen molar-refractivity contribution >= 4 is 56.7 Å². The number of hydrogen-bond acceptors (Lipinski definition) is 1. The number of rotatable bonds is 9. The summed E-state index contributed by atoms with van der Waals surface area (Å²) in [5.74, 6) is 0. The third-order valence-electron chi connectivity index (χ3n) is 18.1. The molecule has 0 saturated heterocycles. The second-order valence-electron chi connectivity index (χ2n) is 21.8. The molecule has 0 spiro atoms. The highest BCUT2D eigenvalue weighted by molar-refractivity contribution is 7.22. The highest BCUT2D eigenvalue weighted by Gasteiger charge is 2.52. The van der Waals surface area contributed by atoms with Gasteiger partial charge in [0.05, 0.1) is 10.8 Å². The molecule has 80 heavy (non-hydrogen) atoms. The number of benzene rings is 13. The second kappa shape index (κ2) is 18.1. The van der Waals surface area contributed by atoms with Crippen molar-refractivity contribution in [3.05, 3.63) is 366 Å². The summed E-state index contributed by atoms with van der Waals surface area (Å²) in [6.07, 6.45) is 0. The van der Waals surface area contributed by atoms with Gasteiger partial charge in [0.15, 0.2) is 8.07 Å². The molecular formula is C78H53NSi. The van der Waals surface area contributed by atoms with Crippen molar-refractivity contribution in [1.29, 1.82) is 0 Å². The maximum atomic E-state index is 2.61. The molecule has 0 aromatic heterocycles. The SMILES string of the molecule is c1ccc(N(c2ccc3c(c2)C(c2ccccc2)(c2ccccc2)c2ccccc2-3)c2ccc3c(c2)C(c2ccccc2)(c2ccc4c(c2)-c2cc5ccccc5cc2[Si]4(c2ccccc2)c2ccccc2)c2ccccc2-3)cc1. The van der Waals surface area contributed by atoms with Crippen LogP contribution in [0.15, 0.2) is 322 Å². The molecule has 0 radical (unpaired) electrons. The fourth-order valence-electron chi connectivity index (χ4n) is 14.9. The molecule has 374 valence electrons. The lowest BCUT2D eigenvalue weighted by Crippen LogP contribution is -2.72. The smallest absolute Gasteiger partial charge is 0.180 e. The first kappa shape index (κ1) is 46.3. The van der Waals surface area contributed by atoms with Crippen LogP contribution in [-0.2, 0) is 10.8 Å². The van der Waals surface area contributed by atoms with E-state index in [2.05, 4.69) is 326 Å². The molecule has 16 rings (SSSR count). The van der Waals surface area contributed by atoms with Crippen LogP contribution in [0, 0.1) is 0 Å². The second-order valence-corrected chi connectivity index (χ2v) is 25.5. The quantitative estimate of drug-likeness (QED) is 0.130. The Morgan fingerprint density at radius 2 is 0.613 bits per heavy atom. The molecule has 3 aliphatic rings. The molecule has 0 saturated carbocycles. The number of fused-ring (bicyclic) bond motifs is 10. The molecule has 1 aliphatic heterocycles. The number of hydrogen-bond donors (Lipinski definition) is 0. The zero-order chi connectivity index (χ0) is 52.8. The Hall–Kier alpha value is -9.86. The Kier molecular flexibility index (Phi) is 10.5. The molecular weight excluding hydrogens is 979 g/mol. The van der Waals surface area contributed by atoms with Crippen LogP contribution >= 0.6 is 0 Å². The molecule has 1 heterocycles. The summed E-state index contributed by atoms with van der Waals surface area (Å²) in [4.78, 5) is 2.49. The first-order valence-corrected chi connectivity index (χ1v) is 30.0. The number of nitrogens with zero attached hydrogens (tertiary/aromatic N) is 1. The first-order valence-electron chi connectivity index (χ1n) is 28.0. The van der Waals surface area contributed by atoms with Gasteiger partial charge in [0.1, 0.15) is 0 Å². The van der Waals surface area contributed by atoms with Crippen molar-refractivity contribution in [2.24, 2.45) is 0 Å². The van der Waals surface area contributed by atoms with Gasteiger partial charge in [0, 0.05) is 17.1 Å². The third-order valence-corrected chi connectivity index (χ3v) is 22.9. The van der Waals surface area contributed by atoms with Gasteiger partial charge in [-0.05, 0) is 158 Å². The average Bonchev–Trinajstić information content (AvgIpc) is 4.29. The van der Waals surface area contributed by atoms with Crippen molar-refractivity contribution < 1.29 is 0 Å². The van der Waals surface area contributed by atoms with Gasteiger partial charge in [-0.15, -0.1) is 0 Å². The lowest BCUT2D eigenvalue weighted by Gasteiger charge is -2.36. The molecule has 0 N–H and O–H groups in total. The van der Waals surface area contributed by atoms with Crippen molar-refractivity contribution in [2.75, 3.05) is 4.90 Å². The van der Waals surface area contributed by atoms with Crippen LogP contribution < -0.4 is 25.6 Å². The fraction of sp³-hybridized carbons (Fsp3) is 0.0256. The number of para-hydroxylation sites is 1. The minimum Gasteiger partial charge on any atom is -0.310 e. The van der Waals surface area contributed by atoms with Crippen LogP contribution in [0.25, 0.3) is 44.2 Å². The third kappa shape index (κ3) is 6.45. The molecule has 0 fully saturated rings. The van der Waals surface area contributed by atoms with E-state index in [1.807, 2.05) is 0 Å². The van der Waals surface area contributed by atoms with Crippen LogP contribution in [0.2, 0.25) is 0 Å². The summed E-state index contributed by atoms with van der Waals surface area (Å²) >= 11 is 0. The van der Waals surface area contributed by atoms with Crippen LogP contribution in [-0.4, -0.2) is 8.07 Å². The van der Waals surface area contributed by atoms with E-state index in [1.165, 1.54) is 109 Å². The molecule has 1 unspecified atom stereocenters. The zero-order valence-corrected chi connectivity index (χ0v) is 45.0. The Balaban J connectivity index is 0.958. The van der Waals surface area contributed by atoms with Gasteiger partial charge in [0.2, 0.25) is 0 Å². The Morgan fingerprint density at radius 1 is 0.225 bits per heavy atom. The lowest BCUT2D eigenvalue weighted by molar-refractivity contribution is 0.767. The molecule has 13 aromatic carbocycles. The maximum absolute atomic E-state index is 2.84. The zero-order valence-electron chi connectivity index (χ0n) is 44.0. The predicted molar refractivity (Wildman–Crippen MR) is 336 cm³/mol. The van der Waals surface area contributed by atoms with Gasteiger partial charge in [-0.25, -0.2) is 0 Å². The average molecular weight is 1030 g/mol. The Labute approximate surface area is 469 Å². The highest BCUT2D eigenvalue weighted by atomic mass is 28.3. The van der Waals surface area contributed by atoms with E-state index >= 15 is 0 Å². The van der Waals surface area contributed by atoms with E-state index in [0.717, 1.165) is 17.1 Å². The largest absolute Gasteiger partial charge is 0.310 e. The molecule has 1 nitrogen and oxygen atoms in total. The normalized spacial score (nSPS) is 15.5. The van der Waals surface area contributed by atoms with Gasteiger partial charge in [-0.2, -0.15) is 0 Å². The van der Waals surface area contributed by atoms with Crippen LogP contribution in [0.4, 0.5) is 17.1 Å². The molecule has 2 heteroatoms. The summed E-state index contributed by atoms with van der Waals surface area (Å²) in [7, 11) is -2.84. The van der Waals surface area contributed by atoms with E-state index < -0.39 is 18.9 Å². The fourth-order valence-corrected chi connectivity index (χ4v) is 20.1. The minimum atomic E-state index is -2.84.